The Labute approximate surface area is 207 Å². The number of pyridine rings is 1. The van der Waals surface area contributed by atoms with Crippen LogP contribution in [0.1, 0.15) is 40.2 Å². The molecule has 2 atom stereocenters. The third-order valence-corrected chi connectivity index (χ3v) is 7.15. The van der Waals surface area contributed by atoms with Crippen LogP contribution in [-0.4, -0.2) is 10.1 Å². The molecule has 3 heterocycles. The second kappa shape index (κ2) is 8.76. The number of anilines is 1. The van der Waals surface area contributed by atoms with Gasteiger partial charge in [0.2, 0.25) is 0 Å². The van der Waals surface area contributed by atoms with Gasteiger partial charge in [-0.1, -0.05) is 34.1 Å². The summed E-state index contributed by atoms with van der Waals surface area (Å²) in [6.07, 6.45) is 1.81. The highest BCUT2D eigenvalue weighted by Crippen LogP contribution is 2.43. The van der Waals surface area contributed by atoms with E-state index in [0.717, 1.165) is 32.9 Å². The lowest BCUT2D eigenvalue weighted by atomic mass is 10.0. The molecule has 6 heteroatoms. The van der Waals surface area contributed by atoms with Crippen molar-refractivity contribution in [1.82, 2.24) is 10.3 Å². The molecule has 2 aromatic heterocycles. The number of benzene rings is 2. The first-order valence-corrected chi connectivity index (χ1v) is 12.1. The predicted molar refractivity (Wildman–Crippen MR) is 140 cm³/mol. The van der Waals surface area contributed by atoms with Gasteiger partial charge in [-0.25, -0.2) is 0 Å². The van der Waals surface area contributed by atoms with Crippen molar-refractivity contribution >= 4 is 38.9 Å². The molecular formula is C27H24BrN3OS. The fourth-order valence-electron chi connectivity index (χ4n) is 4.27. The van der Waals surface area contributed by atoms with Gasteiger partial charge in [0.25, 0.3) is 0 Å². The molecule has 5 rings (SSSR count). The molecule has 0 spiro atoms. The molecule has 0 aliphatic carbocycles. The average molecular weight is 518 g/mol. The highest BCUT2D eigenvalue weighted by atomic mass is 79.9. The average Bonchev–Trinajstić information content (AvgIpc) is 3.41. The fraction of sp³-hybridized carbons (Fsp3) is 0.185. The standard InChI is InChI=1S/C27H24BrN3OS/c1-16-7-10-20(21(28)14-16)23-11-12-24(32-23)26-25(22-6-4-5-13-29-22)30-27(33)31(26)19-9-8-17(2)18(3)15-19/h4-15,25-26H,1-3H3,(H,30,33)/t25-,26+/m1/s1. The van der Waals surface area contributed by atoms with Crippen LogP contribution in [0.2, 0.25) is 0 Å². The van der Waals surface area contributed by atoms with Crippen LogP contribution in [0.5, 0.6) is 0 Å². The maximum atomic E-state index is 6.48. The van der Waals surface area contributed by atoms with E-state index in [1.807, 2.05) is 36.5 Å². The van der Waals surface area contributed by atoms with E-state index in [1.165, 1.54) is 16.7 Å². The molecule has 4 aromatic rings. The molecule has 0 radical (unpaired) electrons. The first kappa shape index (κ1) is 21.9. The molecular weight excluding hydrogens is 494 g/mol. The summed E-state index contributed by atoms with van der Waals surface area (Å²) in [5.41, 5.74) is 6.64. The normalized spacial score (nSPS) is 17.9. The number of hydrogen-bond acceptors (Lipinski definition) is 3. The number of furan rings is 1. The van der Waals surface area contributed by atoms with E-state index in [0.29, 0.717) is 5.11 Å². The van der Waals surface area contributed by atoms with Crippen LogP contribution in [0.25, 0.3) is 11.3 Å². The van der Waals surface area contributed by atoms with Crippen molar-refractivity contribution < 1.29 is 4.42 Å². The van der Waals surface area contributed by atoms with E-state index in [9.17, 15) is 0 Å². The summed E-state index contributed by atoms with van der Waals surface area (Å²) in [6.45, 7) is 6.31. The van der Waals surface area contributed by atoms with Crippen molar-refractivity contribution in [2.24, 2.45) is 0 Å². The first-order chi connectivity index (χ1) is 15.9. The summed E-state index contributed by atoms with van der Waals surface area (Å²) in [4.78, 5) is 6.77. The van der Waals surface area contributed by atoms with Crippen molar-refractivity contribution in [1.29, 1.82) is 0 Å². The van der Waals surface area contributed by atoms with E-state index in [2.05, 4.69) is 88.3 Å². The number of hydrogen-bond donors (Lipinski definition) is 1. The van der Waals surface area contributed by atoms with Gasteiger partial charge in [-0.2, -0.15) is 0 Å². The third kappa shape index (κ3) is 4.09. The highest BCUT2D eigenvalue weighted by Gasteiger charge is 2.42. The minimum atomic E-state index is -0.174. The summed E-state index contributed by atoms with van der Waals surface area (Å²) >= 11 is 9.51. The number of thiocarbonyl (C=S) groups is 1. The van der Waals surface area contributed by atoms with Crippen LogP contribution < -0.4 is 10.2 Å². The Kier molecular flexibility index (Phi) is 5.81. The molecule has 1 fully saturated rings. The second-order valence-corrected chi connectivity index (χ2v) is 9.69. The van der Waals surface area contributed by atoms with E-state index in [1.54, 1.807) is 0 Å². The summed E-state index contributed by atoms with van der Waals surface area (Å²) in [6, 6.07) is 22.4. The molecule has 166 valence electrons. The predicted octanol–water partition coefficient (Wildman–Crippen LogP) is 7.21. The van der Waals surface area contributed by atoms with Crippen LogP contribution in [0, 0.1) is 20.8 Å². The minimum Gasteiger partial charge on any atom is -0.459 e. The number of nitrogens with one attached hydrogen (secondary N) is 1. The van der Waals surface area contributed by atoms with Gasteiger partial charge >= 0.3 is 0 Å². The van der Waals surface area contributed by atoms with Gasteiger partial charge in [0, 0.05) is 21.9 Å². The summed E-state index contributed by atoms with van der Waals surface area (Å²) < 4.78 is 7.49. The summed E-state index contributed by atoms with van der Waals surface area (Å²) in [7, 11) is 0. The number of aryl methyl sites for hydroxylation is 3. The molecule has 0 unspecified atom stereocenters. The van der Waals surface area contributed by atoms with Crippen LogP contribution in [0.4, 0.5) is 5.69 Å². The quantitative estimate of drug-likeness (QED) is 0.289. The molecule has 0 saturated carbocycles. The van der Waals surface area contributed by atoms with Crippen molar-refractivity contribution in [3.63, 3.8) is 0 Å². The zero-order chi connectivity index (χ0) is 23.1. The molecule has 1 saturated heterocycles. The van der Waals surface area contributed by atoms with Gasteiger partial charge in [-0.05, 0) is 98.2 Å². The van der Waals surface area contributed by atoms with Gasteiger partial charge < -0.3 is 14.6 Å². The van der Waals surface area contributed by atoms with Gasteiger partial charge in [0.15, 0.2) is 5.11 Å². The topological polar surface area (TPSA) is 41.3 Å². The lowest BCUT2D eigenvalue weighted by molar-refractivity contribution is 0.439. The van der Waals surface area contributed by atoms with Crippen molar-refractivity contribution in [3.05, 3.63) is 106 Å². The van der Waals surface area contributed by atoms with Gasteiger partial charge in [0.05, 0.1) is 11.7 Å². The zero-order valence-electron chi connectivity index (χ0n) is 18.7. The Morgan fingerprint density at radius 3 is 2.55 bits per heavy atom. The van der Waals surface area contributed by atoms with Gasteiger partial charge in [-0.3, -0.25) is 4.98 Å². The van der Waals surface area contributed by atoms with Crippen LogP contribution in [-0.2, 0) is 0 Å². The SMILES string of the molecule is Cc1ccc(-c2ccc([C@H]3[C@@H](c4ccccn4)NC(=S)N3c3ccc(C)c(C)c3)o2)c(Br)c1. The zero-order valence-corrected chi connectivity index (χ0v) is 21.1. The fourth-order valence-corrected chi connectivity index (χ4v) is 5.31. The number of aromatic nitrogens is 1. The lowest BCUT2D eigenvalue weighted by Gasteiger charge is -2.26. The molecule has 1 aliphatic rings. The third-order valence-electron chi connectivity index (χ3n) is 6.18. The van der Waals surface area contributed by atoms with E-state index < -0.39 is 0 Å². The van der Waals surface area contributed by atoms with Gasteiger partial charge in [-0.15, -0.1) is 0 Å². The Bertz CT molecular complexity index is 1330. The Balaban J connectivity index is 1.61. The van der Waals surface area contributed by atoms with Crippen LogP contribution in [0.3, 0.4) is 0 Å². The Morgan fingerprint density at radius 2 is 1.82 bits per heavy atom. The maximum absolute atomic E-state index is 6.48. The van der Waals surface area contributed by atoms with Crippen molar-refractivity contribution in [2.45, 2.75) is 32.9 Å². The number of rotatable bonds is 4. The maximum Gasteiger partial charge on any atom is 0.174 e. The molecule has 33 heavy (non-hydrogen) atoms. The number of halogens is 1. The molecule has 2 aromatic carbocycles. The Hall–Kier alpha value is -2.96. The molecule has 4 nitrogen and oxygen atoms in total. The first-order valence-electron chi connectivity index (χ1n) is 10.9. The largest absolute Gasteiger partial charge is 0.459 e. The highest BCUT2D eigenvalue weighted by molar-refractivity contribution is 9.10. The van der Waals surface area contributed by atoms with Crippen LogP contribution in [0.15, 0.2) is 81.8 Å². The molecule has 0 amide bonds. The monoisotopic (exact) mass is 517 g/mol. The minimum absolute atomic E-state index is 0.138. The Morgan fingerprint density at radius 1 is 0.970 bits per heavy atom. The summed E-state index contributed by atoms with van der Waals surface area (Å²) in [5, 5.41) is 4.16. The summed E-state index contributed by atoms with van der Waals surface area (Å²) in [5.74, 6) is 1.65. The smallest absolute Gasteiger partial charge is 0.174 e. The second-order valence-electron chi connectivity index (χ2n) is 8.45. The van der Waals surface area contributed by atoms with Gasteiger partial charge in [0.1, 0.15) is 17.6 Å². The van der Waals surface area contributed by atoms with Crippen molar-refractivity contribution in [3.8, 4) is 11.3 Å². The molecule has 0 bridgehead atoms. The van der Waals surface area contributed by atoms with Crippen molar-refractivity contribution in [2.75, 3.05) is 4.90 Å². The number of nitrogens with zero attached hydrogens (tertiary/aromatic N) is 2. The molecule has 1 aliphatic heterocycles. The molecule has 1 N–H and O–H groups in total. The lowest BCUT2D eigenvalue weighted by Crippen LogP contribution is -2.29. The van der Waals surface area contributed by atoms with E-state index in [-0.39, 0.29) is 12.1 Å². The van der Waals surface area contributed by atoms with Crippen LogP contribution >= 0.6 is 28.1 Å². The van der Waals surface area contributed by atoms with E-state index in [4.69, 9.17) is 16.6 Å². The van der Waals surface area contributed by atoms with E-state index >= 15 is 0 Å².